The van der Waals surface area contributed by atoms with E-state index >= 15 is 0 Å². The third kappa shape index (κ3) is 2.52. The molecule has 3 heteroatoms. The Hall–Kier alpha value is -1.35. The summed E-state index contributed by atoms with van der Waals surface area (Å²) in [6.45, 7) is 10.0. The van der Waals surface area contributed by atoms with Crippen LogP contribution in [0.15, 0.2) is 6.07 Å². The first kappa shape index (κ1) is 14.1. The van der Waals surface area contributed by atoms with Gasteiger partial charge in [-0.15, -0.1) is 0 Å². The Morgan fingerprint density at radius 3 is 2.05 bits per heavy atom. The van der Waals surface area contributed by atoms with E-state index in [-0.39, 0.29) is 5.91 Å². The van der Waals surface area contributed by atoms with Gasteiger partial charge in [-0.3, -0.25) is 4.79 Å². The summed E-state index contributed by atoms with van der Waals surface area (Å²) in [5.74, 6) is 0.0775. The summed E-state index contributed by atoms with van der Waals surface area (Å²) in [6, 6.07) is 1.65. The van der Waals surface area contributed by atoms with Crippen LogP contribution in [0.5, 0.6) is 0 Å². The van der Waals surface area contributed by atoms with Gasteiger partial charge in [-0.1, -0.05) is 6.07 Å². The van der Waals surface area contributed by atoms with Crippen LogP contribution in [0.1, 0.15) is 46.7 Å². The quantitative estimate of drug-likeness (QED) is 0.888. The number of likely N-dealkylation sites (tertiary alicyclic amines) is 1. The van der Waals surface area contributed by atoms with E-state index in [1.807, 2.05) is 4.90 Å². The maximum Gasteiger partial charge on any atom is 0.244 e. The summed E-state index contributed by atoms with van der Waals surface area (Å²) in [5.41, 5.74) is 12.0. The van der Waals surface area contributed by atoms with Gasteiger partial charge in [-0.05, 0) is 68.4 Å². The first-order chi connectivity index (χ1) is 8.93. The zero-order valence-corrected chi connectivity index (χ0v) is 12.4. The van der Waals surface area contributed by atoms with Crippen molar-refractivity contribution in [3.05, 3.63) is 33.9 Å². The highest BCUT2D eigenvalue weighted by molar-refractivity contribution is 5.84. The molecule has 0 aromatic heterocycles. The minimum Gasteiger partial charge on any atom is -0.341 e. The van der Waals surface area contributed by atoms with Crippen molar-refractivity contribution < 1.29 is 4.79 Å². The fourth-order valence-electron chi connectivity index (χ4n) is 2.97. The molecule has 1 unspecified atom stereocenters. The highest BCUT2D eigenvalue weighted by Gasteiger charge is 2.27. The molecule has 3 nitrogen and oxygen atoms in total. The van der Waals surface area contributed by atoms with Crippen molar-refractivity contribution in [1.29, 1.82) is 0 Å². The van der Waals surface area contributed by atoms with Crippen molar-refractivity contribution in [1.82, 2.24) is 4.90 Å². The maximum atomic E-state index is 12.5. The second kappa shape index (κ2) is 5.33. The second-order valence-electron chi connectivity index (χ2n) is 5.68. The van der Waals surface area contributed by atoms with E-state index < -0.39 is 6.04 Å². The van der Waals surface area contributed by atoms with Gasteiger partial charge >= 0.3 is 0 Å². The molecule has 1 heterocycles. The summed E-state index contributed by atoms with van der Waals surface area (Å²) in [7, 11) is 0. The number of carbonyl (C=O) groups excluding carboxylic acids is 1. The molecule has 1 aliphatic rings. The highest BCUT2D eigenvalue weighted by atomic mass is 16.2. The van der Waals surface area contributed by atoms with Crippen molar-refractivity contribution >= 4 is 5.91 Å². The SMILES string of the molecule is Cc1cc(C)c(C)c(C(N)C(=O)N2CCCC2)c1C. The van der Waals surface area contributed by atoms with Crippen molar-refractivity contribution in [2.75, 3.05) is 13.1 Å². The smallest absolute Gasteiger partial charge is 0.244 e. The zero-order chi connectivity index (χ0) is 14.2. The van der Waals surface area contributed by atoms with Crippen LogP contribution in [-0.4, -0.2) is 23.9 Å². The second-order valence-corrected chi connectivity index (χ2v) is 5.68. The normalized spacial score (nSPS) is 16.8. The molecular weight excluding hydrogens is 236 g/mol. The highest BCUT2D eigenvalue weighted by Crippen LogP contribution is 2.28. The average Bonchev–Trinajstić information content (AvgIpc) is 2.89. The van der Waals surface area contributed by atoms with Crippen LogP contribution in [0.4, 0.5) is 0 Å². The predicted octanol–water partition coefficient (Wildman–Crippen LogP) is 2.54. The lowest BCUT2D eigenvalue weighted by Crippen LogP contribution is -2.37. The number of nitrogens with zero attached hydrogens (tertiary/aromatic N) is 1. The van der Waals surface area contributed by atoms with Crippen molar-refractivity contribution in [3.63, 3.8) is 0 Å². The Labute approximate surface area is 115 Å². The number of rotatable bonds is 2. The van der Waals surface area contributed by atoms with Crippen LogP contribution < -0.4 is 5.73 Å². The molecule has 1 amide bonds. The van der Waals surface area contributed by atoms with E-state index in [1.165, 1.54) is 11.1 Å². The Kier molecular flexibility index (Phi) is 3.95. The molecule has 0 radical (unpaired) electrons. The van der Waals surface area contributed by atoms with Crippen molar-refractivity contribution in [2.45, 2.75) is 46.6 Å². The molecule has 0 aliphatic carbocycles. The first-order valence-corrected chi connectivity index (χ1v) is 7.05. The van der Waals surface area contributed by atoms with Crippen molar-refractivity contribution in [2.24, 2.45) is 5.73 Å². The standard InChI is InChI=1S/C16H24N2O/c1-10-9-11(2)13(4)14(12(10)3)15(17)16(19)18-7-5-6-8-18/h9,15H,5-8,17H2,1-4H3. The van der Waals surface area contributed by atoms with E-state index in [2.05, 4.69) is 33.8 Å². The topological polar surface area (TPSA) is 46.3 Å². The maximum absolute atomic E-state index is 12.5. The van der Waals surface area contributed by atoms with Crippen LogP contribution in [-0.2, 0) is 4.79 Å². The minimum atomic E-state index is -0.517. The van der Waals surface area contributed by atoms with E-state index in [4.69, 9.17) is 5.73 Å². The van der Waals surface area contributed by atoms with Crippen LogP contribution in [0.2, 0.25) is 0 Å². The van der Waals surface area contributed by atoms with Gasteiger partial charge in [0, 0.05) is 13.1 Å². The lowest BCUT2D eigenvalue weighted by atomic mass is 9.89. The number of carbonyl (C=O) groups is 1. The van der Waals surface area contributed by atoms with Crippen LogP contribution in [0, 0.1) is 27.7 Å². The molecule has 0 bridgehead atoms. The summed E-state index contributed by atoms with van der Waals surface area (Å²) in [4.78, 5) is 14.4. The number of hydrogen-bond donors (Lipinski definition) is 1. The largest absolute Gasteiger partial charge is 0.341 e. The molecule has 2 N–H and O–H groups in total. The van der Waals surface area contributed by atoms with Crippen LogP contribution in [0.3, 0.4) is 0 Å². The van der Waals surface area contributed by atoms with Crippen molar-refractivity contribution in [3.8, 4) is 0 Å². The van der Waals surface area contributed by atoms with E-state index in [1.54, 1.807) is 0 Å². The van der Waals surface area contributed by atoms with Gasteiger partial charge < -0.3 is 10.6 Å². The van der Waals surface area contributed by atoms with Gasteiger partial charge in [0.05, 0.1) is 0 Å². The minimum absolute atomic E-state index is 0.0775. The summed E-state index contributed by atoms with van der Waals surface area (Å²) in [6.07, 6.45) is 2.20. The van der Waals surface area contributed by atoms with Gasteiger partial charge in [0.25, 0.3) is 0 Å². The Balaban J connectivity index is 2.38. The summed E-state index contributed by atoms with van der Waals surface area (Å²) >= 11 is 0. The van der Waals surface area contributed by atoms with Gasteiger partial charge in [-0.2, -0.15) is 0 Å². The van der Waals surface area contributed by atoms with Gasteiger partial charge in [0.2, 0.25) is 5.91 Å². The Bertz CT molecular complexity index is 476. The average molecular weight is 260 g/mol. The molecule has 1 saturated heterocycles. The number of amides is 1. The Morgan fingerprint density at radius 2 is 1.58 bits per heavy atom. The summed E-state index contributed by atoms with van der Waals surface area (Å²) in [5, 5.41) is 0. The molecule has 1 fully saturated rings. The lowest BCUT2D eigenvalue weighted by Gasteiger charge is -2.24. The molecule has 1 atom stereocenters. The zero-order valence-electron chi connectivity index (χ0n) is 12.4. The third-order valence-electron chi connectivity index (χ3n) is 4.42. The number of nitrogens with two attached hydrogens (primary N) is 1. The summed E-state index contributed by atoms with van der Waals surface area (Å²) < 4.78 is 0. The number of aryl methyl sites for hydroxylation is 2. The molecule has 104 valence electrons. The van der Waals surface area contributed by atoms with E-state index in [0.29, 0.717) is 0 Å². The third-order valence-corrected chi connectivity index (χ3v) is 4.42. The molecule has 0 saturated carbocycles. The number of hydrogen-bond acceptors (Lipinski definition) is 2. The molecule has 2 rings (SSSR count). The van der Waals surface area contributed by atoms with Crippen LogP contribution >= 0.6 is 0 Å². The molecular formula is C16H24N2O. The number of benzene rings is 1. The fourth-order valence-corrected chi connectivity index (χ4v) is 2.97. The molecule has 0 spiro atoms. The fraction of sp³-hybridized carbons (Fsp3) is 0.562. The monoisotopic (exact) mass is 260 g/mol. The molecule has 19 heavy (non-hydrogen) atoms. The van der Waals surface area contributed by atoms with E-state index in [0.717, 1.165) is 42.6 Å². The van der Waals surface area contributed by atoms with E-state index in [9.17, 15) is 4.79 Å². The molecule has 1 aromatic carbocycles. The lowest BCUT2D eigenvalue weighted by molar-refractivity contribution is -0.131. The van der Waals surface area contributed by atoms with Gasteiger partial charge in [-0.25, -0.2) is 0 Å². The molecule has 1 aromatic rings. The molecule has 1 aliphatic heterocycles. The first-order valence-electron chi connectivity index (χ1n) is 7.05. The predicted molar refractivity (Wildman–Crippen MR) is 78.1 cm³/mol. The van der Waals surface area contributed by atoms with Gasteiger partial charge in [0.1, 0.15) is 6.04 Å². The van der Waals surface area contributed by atoms with Crippen LogP contribution in [0.25, 0.3) is 0 Å². The van der Waals surface area contributed by atoms with Gasteiger partial charge in [0.15, 0.2) is 0 Å². The Morgan fingerprint density at radius 1 is 1.11 bits per heavy atom.